The summed E-state index contributed by atoms with van der Waals surface area (Å²) in [5.41, 5.74) is 6.26. The summed E-state index contributed by atoms with van der Waals surface area (Å²) >= 11 is 0. The summed E-state index contributed by atoms with van der Waals surface area (Å²) in [4.78, 5) is 24.3. The monoisotopic (exact) mass is 550 g/mol. The van der Waals surface area contributed by atoms with E-state index in [-0.39, 0.29) is 13.2 Å². The second-order valence-electron chi connectivity index (χ2n) is 9.84. The number of aliphatic hydroxyl groups is 2. The summed E-state index contributed by atoms with van der Waals surface area (Å²) in [6.45, 7) is 13.6. The maximum Gasteiger partial charge on any atom is 0.185 e. The van der Waals surface area contributed by atoms with E-state index in [0.29, 0.717) is 18.9 Å². The second-order valence-corrected chi connectivity index (χ2v) is 9.84. The van der Waals surface area contributed by atoms with Gasteiger partial charge in [-0.2, -0.15) is 0 Å². The van der Waals surface area contributed by atoms with Gasteiger partial charge in [0.1, 0.15) is 0 Å². The summed E-state index contributed by atoms with van der Waals surface area (Å²) in [5.74, 6) is 0.487. The van der Waals surface area contributed by atoms with Gasteiger partial charge < -0.3 is 29.1 Å². The number of aryl methyl sites for hydroxylation is 2. The predicted octanol–water partition coefficient (Wildman–Crippen LogP) is 5.12. The van der Waals surface area contributed by atoms with Crippen LogP contribution in [0.15, 0.2) is 42.7 Å². The first-order chi connectivity index (χ1) is 19.5. The van der Waals surface area contributed by atoms with Crippen molar-refractivity contribution in [3.8, 4) is 0 Å². The van der Waals surface area contributed by atoms with Crippen molar-refractivity contribution in [2.24, 2.45) is 0 Å². The van der Waals surface area contributed by atoms with Crippen LogP contribution in [0.5, 0.6) is 0 Å². The highest BCUT2D eigenvalue weighted by Gasteiger charge is 2.12. The average molecular weight is 551 g/mol. The van der Waals surface area contributed by atoms with E-state index in [0.717, 1.165) is 73.2 Å². The second kappa shape index (κ2) is 16.0. The van der Waals surface area contributed by atoms with Gasteiger partial charge in [-0.05, 0) is 63.1 Å². The zero-order valence-corrected chi connectivity index (χ0v) is 24.6. The minimum Gasteiger partial charge on any atom is -0.395 e. The number of carbonyl (C=O) groups is 1. The Morgan fingerprint density at radius 3 is 1.93 bits per heavy atom. The topological polar surface area (TPSA) is 99.7 Å². The van der Waals surface area contributed by atoms with E-state index in [1.807, 2.05) is 23.0 Å². The Balaban J connectivity index is 0.000000222. The number of imidazole rings is 2. The standard InChI is InChI=1S/C16H23N3O2.C15H23N3O/c1-3-5-8-19-15-11-13(18(4-2)9-10-20)6-7-14(15)17-16(19)12-21;1-3-5-8-18-12-16-14-7-6-13(11-15(14)18)17(4-2)9-10-19/h6-7,11-12,20H,3-5,8-10H2,1-2H3;6-7,11-12,19H,3-5,8-10H2,1-2H3. The molecule has 0 fully saturated rings. The molecule has 0 aliphatic carbocycles. The van der Waals surface area contributed by atoms with Crippen LogP contribution in [0.1, 0.15) is 64.0 Å². The first-order valence-electron chi connectivity index (χ1n) is 14.7. The molecular formula is C31H46N6O3. The predicted molar refractivity (Wildman–Crippen MR) is 165 cm³/mol. The normalized spacial score (nSPS) is 11.1. The zero-order valence-electron chi connectivity index (χ0n) is 24.6. The van der Waals surface area contributed by atoms with Crippen molar-refractivity contribution in [1.29, 1.82) is 0 Å². The molecule has 218 valence electrons. The number of anilines is 2. The van der Waals surface area contributed by atoms with Crippen LogP contribution in [-0.4, -0.2) is 75.0 Å². The fourth-order valence-electron chi connectivity index (χ4n) is 4.90. The number of aromatic nitrogens is 4. The molecule has 40 heavy (non-hydrogen) atoms. The molecule has 0 unspecified atom stereocenters. The van der Waals surface area contributed by atoms with Crippen LogP contribution < -0.4 is 9.80 Å². The molecule has 0 aliphatic rings. The molecular weight excluding hydrogens is 504 g/mol. The number of aliphatic hydroxyl groups excluding tert-OH is 2. The molecule has 9 heteroatoms. The minimum atomic E-state index is 0.126. The lowest BCUT2D eigenvalue weighted by Gasteiger charge is -2.22. The van der Waals surface area contributed by atoms with Gasteiger partial charge in [-0.3, -0.25) is 4.79 Å². The molecule has 0 radical (unpaired) electrons. The van der Waals surface area contributed by atoms with Gasteiger partial charge in [0.2, 0.25) is 0 Å². The maximum atomic E-state index is 11.2. The minimum absolute atomic E-state index is 0.126. The number of rotatable bonds is 15. The van der Waals surface area contributed by atoms with Crippen molar-refractivity contribution in [3.63, 3.8) is 0 Å². The molecule has 0 saturated heterocycles. The zero-order chi connectivity index (χ0) is 28.9. The van der Waals surface area contributed by atoms with Gasteiger partial charge in [0, 0.05) is 50.6 Å². The summed E-state index contributed by atoms with van der Waals surface area (Å²) < 4.78 is 4.21. The Hall–Kier alpha value is -3.43. The Kier molecular flexibility index (Phi) is 12.4. The summed E-state index contributed by atoms with van der Waals surface area (Å²) in [7, 11) is 0. The van der Waals surface area contributed by atoms with Gasteiger partial charge in [-0.1, -0.05) is 26.7 Å². The number of unbranched alkanes of at least 4 members (excludes halogenated alkanes) is 2. The third-order valence-electron chi connectivity index (χ3n) is 7.19. The van der Waals surface area contributed by atoms with Gasteiger partial charge in [0.25, 0.3) is 0 Å². The SMILES string of the molecule is CCCCn1c(C=O)nc2ccc(N(CC)CCO)cc21.CCCCn1cnc2ccc(N(CC)CCO)cc21. The van der Waals surface area contributed by atoms with Crippen LogP contribution >= 0.6 is 0 Å². The van der Waals surface area contributed by atoms with Crippen LogP contribution in [0.2, 0.25) is 0 Å². The van der Waals surface area contributed by atoms with Gasteiger partial charge in [0.15, 0.2) is 12.1 Å². The molecule has 2 aromatic carbocycles. The molecule has 4 aromatic rings. The molecule has 2 N–H and O–H groups in total. The van der Waals surface area contributed by atoms with Crippen molar-refractivity contribution < 1.29 is 15.0 Å². The van der Waals surface area contributed by atoms with E-state index in [2.05, 4.69) is 76.3 Å². The lowest BCUT2D eigenvalue weighted by atomic mass is 10.2. The molecule has 9 nitrogen and oxygen atoms in total. The number of aldehydes is 1. The molecule has 0 aliphatic heterocycles. The average Bonchev–Trinajstić information content (AvgIpc) is 3.56. The van der Waals surface area contributed by atoms with Crippen molar-refractivity contribution in [2.45, 2.75) is 66.5 Å². The lowest BCUT2D eigenvalue weighted by Crippen LogP contribution is -2.26. The molecule has 2 aromatic heterocycles. The molecule has 0 bridgehead atoms. The van der Waals surface area contributed by atoms with Crippen molar-refractivity contribution in [1.82, 2.24) is 19.1 Å². The van der Waals surface area contributed by atoms with Gasteiger partial charge in [-0.25, -0.2) is 9.97 Å². The van der Waals surface area contributed by atoms with Gasteiger partial charge in [-0.15, -0.1) is 0 Å². The highest BCUT2D eigenvalue weighted by Crippen LogP contribution is 2.24. The maximum absolute atomic E-state index is 11.2. The van der Waals surface area contributed by atoms with Gasteiger partial charge in [0.05, 0.1) is 41.6 Å². The first-order valence-corrected chi connectivity index (χ1v) is 14.7. The van der Waals surface area contributed by atoms with Crippen LogP contribution in [0.3, 0.4) is 0 Å². The van der Waals surface area contributed by atoms with E-state index in [9.17, 15) is 4.79 Å². The number of nitrogens with zero attached hydrogens (tertiary/aromatic N) is 6. The van der Waals surface area contributed by atoms with E-state index >= 15 is 0 Å². The fourth-order valence-corrected chi connectivity index (χ4v) is 4.90. The van der Waals surface area contributed by atoms with E-state index in [1.54, 1.807) is 0 Å². The number of hydrogen-bond acceptors (Lipinski definition) is 7. The van der Waals surface area contributed by atoms with Crippen molar-refractivity contribution in [3.05, 3.63) is 48.5 Å². The van der Waals surface area contributed by atoms with E-state index in [1.165, 1.54) is 18.4 Å². The fraction of sp³-hybridized carbons (Fsp3) is 0.516. The number of benzene rings is 2. The Labute approximate surface area is 238 Å². The Bertz CT molecular complexity index is 1330. The smallest absolute Gasteiger partial charge is 0.185 e. The third-order valence-corrected chi connectivity index (χ3v) is 7.19. The van der Waals surface area contributed by atoms with Crippen LogP contribution in [0.4, 0.5) is 11.4 Å². The molecule has 0 saturated carbocycles. The first kappa shape index (κ1) is 31.1. The number of fused-ring (bicyclic) bond motifs is 2. The molecule has 0 atom stereocenters. The summed E-state index contributed by atoms with van der Waals surface area (Å²) in [6, 6.07) is 12.3. The van der Waals surface area contributed by atoms with Crippen LogP contribution in [-0.2, 0) is 13.1 Å². The van der Waals surface area contributed by atoms with Crippen molar-refractivity contribution in [2.75, 3.05) is 49.2 Å². The molecule has 0 spiro atoms. The summed E-state index contributed by atoms with van der Waals surface area (Å²) in [5, 5.41) is 18.3. The quantitative estimate of drug-likeness (QED) is 0.198. The summed E-state index contributed by atoms with van der Waals surface area (Å²) in [6.07, 6.45) is 7.19. The molecule has 2 heterocycles. The number of hydrogen-bond donors (Lipinski definition) is 2. The highest BCUT2D eigenvalue weighted by molar-refractivity contribution is 5.85. The van der Waals surface area contributed by atoms with Crippen molar-refractivity contribution >= 4 is 39.7 Å². The van der Waals surface area contributed by atoms with Gasteiger partial charge >= 0.3 is 0 Å². The molecule has 0 amide bonds. The molecule has 4 rings (SSSR count). The third kappa shape index (κ3) is 7.61. The van der Waals surface area contributed by atoms with E-state index in [4.69, 9.17) is 10.2 Å². The van der Waals surface area contributed by atoms with E-state index < -0.39 is 0 Å². The highest BCUT2D eigenvalue weighted by atomic mass is 16.3. The lowest BCUT2D eigenvalue weighted by molar-refractivity contribution is 0.111. The van der Waals surface area contributed by atoms with Crippen LogP contribution in [0, 0.1) is 0 Å². The Morgan fingerprint density at radius 2 is 1.38 bits per heavy atom. The number of carbonyl (C=O) groups excluding carboxylic acids is 1. The number of likely N-dealkylation sites (N-methyl/N-ethyl adjacent to an activating group) is 2. The Morgan fingerprint density at radius 1 is 0.800 bits per heavy atom. The largest absolute Gasteiger partial charge is 0.395 e. The van der Waals surface area contributed by atoms with Crippen LogP contribution in [0.25, 0.3) is 22.1 Å².